The number of aliphatic hydroxyl groups excluding tert-OH is 1. The Kier molecular flexibility index (Phi) is 6.70. The smallest absolute Gasteiger partial charge is 0.161 e. The molecule has 94 valence electrons. The fourth-order valence-electron chi connectivity index (χ4n) is 2.59. The predicted octanol–water partition coefficient (Wildman–Crippen LogP) is 3.47. The van der Waals surface area contributed by atoms with Crippen LogP contribution >= 0.6 is 0 Å². The molecule has 0 heterocycles. The van der Waals surface area contributed by atoms with Crippen LogP contribution < -0.4 is 0 Å². The van der Waals surface area contributed by atoms with Gasteiger partial charge >= 0.3 is 0 Å². The number of carbonyl (C=O) groups is 1. The summed E-state index contributed by atoms with van der Waals surface area (Å²) in [7, 11) is 0. The highest BCUT2D eigenvalue weighted by molar-refractivity contribution is 5.83. The Labute approximate surface area is 99.4 Å². The Morgan fingerprint density at radius 2 is 1.88 bits per heavy atom. The van der Waals surface area contributed by atoms with Crippen LogP contribution in [0.4, 0.5) is 0 Å². The third-order valence-electron chi connectivity index (χ3n) is 3.70. The molecule has 1 fully saturated rings. The molecule has 0 aliphatic heterocycles. The van der Waals surface area contributed by atoms with Gasteiger partial charge in [-0.3, -0.25) is 4.79 Å². The van der Waals surface area contributed by atoms with Gasteiger partial charge in [0.25, 0.3) is 0 Å². The van der Waals surface area contributed by atoms with Crippen molar-refractivity contribution < 1.29 is 9.90 Å². The summed E-state index contributed by atoms with van der Waals surface area (Å²) in [6.45, 7) is 2.17. The second-order valence-electron chi connectivity index (χ2n) is 5.12. The third kappa shape index (κ3) is 4.65. The monoisotopic (exact) mass is 226 g/mol. The summed E-state index contributed by atoms with van der Waals surface area (Å²) in [5, 5.41) is 9.95. The van der Waals surface area contributed by atoms with Gasteiger partial charge in [-0.2, -0.15) is 0 Å². The molecule has 0 aromatic heterocycles. The van der Waals surface area contributed by atoms with E-state index in [1.165, 1.54) is 32.1 Å². The molecule has 1 aliphatic carbocycles. The molecular weight excluding hydrogens is 200 g/mol. The molecule has 1 rings (SSSR count). The average Bonchev–Trinajstić information content (AvgIpc) is 2.34. The molecule has 0 aromatic rings. The maximum absolute atomic E-state index is 11.8. The molecule has 1 unspecified atom stereocenters. The van der Waals surface area contributed by atoms with Crippen molar-refractivity contribution in [2.75, 3.05) is 0 Å². The van der Waals surface area contributed by atoms with Crippen molar-refractivity contribution in [1.29, 1.82) is 0 Å². The van der Waals surface area contributed by atoms with Crippen LogP contribution in [0.5, 0.6) is 0 Å². The van der Waals surface area contributed by atoms with Gasteiger partial charge in [0, 0.05) is 6.42 Å². The van der Waals surface area contributed by atoms with E-state index in [9.17, 15) is 9.90 Å². The van der Waals surface area contributed by atoms with Gasteiger partial charge < -0.3 is 5.11 Å². The predicted molar refractivity (Wildman–Crippen MR) is 66.3 cm³/mol. The molecule has 1 atom stereocenters. The van der Waals surface area contributed by atoms with E-state index in [-0.39, 0.29) is 11.7 Å². The second kappa shape index (κ2) is 7.83. The molecule has 0 spiro atoms. The lowest BCUT2D eigenvalue weighted by Gasteiger charge is -2.25. The molecule has 2 heteroatoms. The van der Waals surface area contributed by atoms with Gasteiger partial charge in [0.2, 0.25) is 0 Å². The molecule has 0 amide bonds. The Morgan fingerprint density at radius 1 is 1.19 bits per heavy atom. The molecule has 0 aromatic carbocycles. The number of hydrogen-bond donors (Lipinski definition) is 1. The molecule has 1 aliphatic rings. The van der Waals surface area contributed by atoms with E-state index in [2.05, 4.69) is 6.92 Å². The molecule has 2 nitrogen and oxygen atoms in total. The van der Waals surface area contributed by atoms with Crippen LogP contribution in [0.3, 0.4) is 0 Å². The van der Waals surface area contributed by atoms with Crippen LogP contribution in [0, 0.1) is 5.92 Å². The standard InChI is InChI=1S/C14H26O2/c1-2-3-4-8-11-13(15)14(16)12-9-6-5-7-10-12/h12,14,16H,2-11H2,1H3. The Hall–Kier alpha value is -0.370. The van der Waals surface area contributed by atoms with Gasteiger partial charge in [-0.15, -0.1) is 0 Å². The van der Waals surface area contributed by atoms with Crippen molar-refractivity contribution >= 4 is 5.78 Å². The van der Waals surface area contributed by atoms with E-state index in [1.54, 1.807) is 0 Å². The van der Waals surface area contributed by atoms with Gasteiger partial charge in [0.15, 0.2) is 5.78 Å². The largest absolute Gasteiger partial charge is 0.385 e. The fourth-order valence-corrected chi connectivity index (χ4v) is 2.59. The Morgan fingerprint density at radius 3 is 2.50 bits per heavy atom. The topological polar surface area (TPSA) is 37.3 Å². The van der Waals surface area contributed by atoms with E-state index < -0.39 is 6.10 Å². The van der Waals surface area contributed by atoms with Crippen LogP contribution in [0.25, 0.3) is 0 Å². The summed E-state index contributed by atoms with van der Waals surface area (Å²) in [5.41, 5.74) is 0. The van der Waals surface area contributed by atoms with Crippen LogP contribution in [-0.2, 0) is 4.79 Å². The summed E-state index contributed by atoms with van der Waals surface area (Å²) in [5.74, 6) is 0.343. The lowest BCUT2D eigenvalue weighted by Crippen LogP contribution is -2.30. The highest BCUT2D eigenvalue weighted by atomic mass is 16.3. The van der Waals surface area contributed by atoms with Crippen molar-refractivity contribution in [2.45, 2.75) is 77.2 Å². The minimum atomic E-state index is -0.665. The highest BCUT2D eigenvalue weighted by Crippen LogP contribution is 2.27. The third-order valence-corrected chi connectivity index (χ3v) is 3.70. The van der Waals surface area contributed by atoms with Crippen LogP contribution in [-0.4, -0.2) is 17.0 Å². The summed E-state index contributed by atoms with van der Waals surface area (Å²) >= 11 is 0. The maximum Gasteiger partial charge on any atom is 0.161 e. The average molecular weight is 226 g/mol. The molecule has 0 bridgehead atoms. The molecule has 0 saturated heterocycles. The minimum Gasteiger partial charge on any atom is -0.385 e. The van der Waals surface area contributed by atoms with Crippen LogP contribution in [0.1, 0.15) is 71.1 Å². The minimum absolute atomic E-state index is 0.0861. The van der Waals surface area contributed by atoms with Crippen molar-refractivity contribution in [1.82, 2.24) is 0 Å². The van der Waals surface area contributed by atoms with Gasteiger partial charge in [0.05, 0.1) is 0 Å². The first-order chi connectivity index (χ1) is 7.75. The maximum atomic E-state index is 11.8. The number of rotatable bonds is 7. The van der Waals surface area contributed by atoms with E-state index in [1.807, 2.05) is 0 Å². The Balaban J connectivity index is 2.18. The first-order valence-electron chi connectivity index (χ1n) is 6.96. The SMILES string of the molecule is CCCCCCC(=O)C(O)C1CCCCC1. The zero-order valence-corrected chi connectivity index (χ0v) is 10.6. The molecular formula is C14H26O2. The van der Waals surface area contributed by atoms with Gasteiger partial charge in [-0.1, -0.05) is 45.4 Å². The van der Waals surface area contributed by atoms with E-state index in [0.29, 0.717) is 6.42 Å². The highest BCUT2D eigenvalue weighted by Gasteiger charge is 2.26. The van der Waals surface area contributed by atoms with Gasteiger partial charge in [-0.25, -0.2) is 0 Å². The quantitative estimate of drug-likeness (QED) is 0.675. The number of unbranched alkanes of at least 4 members (excludes halogenated alkanes) is 3. The van der Waals surface area contributed by atoms with Crippen molar-refractivity contribution in [3.8, 4) is 0 Å². The number of aliphatic hydroxyl groups is 1. The fraction of sp³-hybridized carbons (Fsp3) is 0.929. The summed E-state index contributed by atoms with van der Waals surface area (Å²) in [6, 6.07) is 0. The van der Waals surface area contributed by atoms with E-state index >= 15 is 0 Å². The van der Waals surface area contributed by atoms with Gasteiger partial charge in [-0.05, 0) is 25.2 Å². The zero-order chi connectivity index (χ0) is 11.8. The first kappa shape index (κ1) is 13.7. The molecule has 0 radical (unpaired) electrons. The number of carbonyl (C=O) groups excluding carboxylic acids is 1. The second-order valence-corrected chi connectivity index (χ2v) is 5.12. The van der Waals surface area contributed by atoms with Crippen molar-refractivity contribution in [3.63, 3.8) is 0 Å². The number of Topliss-reactive ketones (excluding diaryl/α,β-unsaturated/α-hetero) is 1. The summed E-state index contributed by atoms with van der Waals surface area (Å²) < 4.78 is 0. The van der Waals surface area contributed by atoms with Crippen molar-refractivity contribution in [3.05, 3.63) is 0 Å². The van der Waals surface area contributed by atoms with E-state index in [4.69, 9.17) is 0 Å². The zero-order valence-electron chi connectivity index (χ0n) is 10.6. The summed E-state index contributed by atoms with van der Waals surface area (Å²) in [4.78, 5) is 11.8. The lowest BCUT2D eigenvalue weighted by atomic mass is 9.83. The van der Waals surface area contributed by atoms with Gasteiger partial charge in [0.1, 0.15) is 6.10 Å². The van der Waals surface area contributed by atoms with Crippen LogP contribution in [0.15, 0.2) is 0 Å². The summed E-state index contributed by atoms with van der Waals surface area (Å²) in [6.07, 6.45) is 10.1. The molecule has 16 heavy (non-hydrogen) atoms. The van der Waals surface area contributed by atoms with Crippen LogP contribution in [0.2, 0.25) is 0 Å². The van der Waals surface area contributed by atoms with Crippen molar-refractivity contribution in [2.24, 2.45) is 5.92 Å². The lowest BCUT2D eigenvalue weighted by molar-refractivity contribution is -0.130. The number of ketones is 1. The first-order valence-corrected chi connectivity index (χ1v) is 6.96. The normalized spacial score (nSPS) is 19.6. The molecule has 1 N–H and O–H groups in total. The number of hydrogen-bond acceptors (Lipinski definition) is 2. The Bertz CT molecular complexity index is 195. The van der Waals surface area contributed by atoms with E-state index in [0.717, 1.165) is 25.7 Å². The molecule has 1 saturated carbocycles.